The summed E-state index contributed by atoms with van der Waals surface area (Å²) in [6, 6.07) is 6.23. The molecular weight excluding hydrogens is 210 g/mol. The van der Waals surface area contributed by atoms with Gasteiger partial charge >= 0.3 is 0 Å². The first-order chi connectivity index (χ1) is 8.06. The van der Waals surface area contributed by atoms with E-state index in [4.69, 9.17) is 0 Å². The van der Waals surface area contributed by atoms with Crippen LogP contribution in [0.25, 0.3) is 0 Å². The zero-order valence-corrected chi connectivity index (χ0v) is 11.1. The number of nitrogens with zero attached hydrogens (tertiary/aromatic N) is 1. The van der Waals surface area contributed by atoms with Crippen LogP contribution in [-0.2, 0) is 0 Å². The summed E-state index contributed by atoms with van der Waals surface area (Å²) >= 11 is 0. The molecule has 0 radical (unpaired) electrons. The Morgan fingerprint density at radius 3 is 2.59 bits per heavy atom. The highest BCUT2D eigenvalue weighted by atomic mass is 16.3. The van der Waals surface area contributed by atoms with E-state index in [0.29, 0.717) is 0 Å². The maximum atomic E-state index is 10.2. The summed E-state index contributed by atoms with van der Waals surface area (Å²) in [7, 11) is 2.10. The summed E-state index contributed by atoms with van der Waals surface area (Å²) in [6.07, 6.45) is 2.37. The van der Waals surface area contributed by atoms with E-state index in [9.17, 15) is 5.11 Å². The SMILES string of the molecule is Cc1ccc(C(O)CN(C)CC2CC2)cc1C. The lowest BCUT2D eigenvalue weighted by Crippen LogP contribution is -2.26. The second-order valence-corrected chi connectivity index (χ2v) is 5.52. The molecule has 0 bridgehead atoms. The second-order valence-electron chi connectivity index (χ2n) is 5.52. The molecule has 0 aliphatic heterocycles. The molecule has 2 heteroatoms. The van der Waals surface area contributed by atoms with Crippen molar-refractivity contribution in [2.45, 2.75) is 32.8 Å². The Hall–Kier alpha value is -0.860. The van der Waals surface area contributed by atoms with E-state index in [1.165, 1.54) is 24.0 Å². The summed E-state index contributed by atoms with van der Waals surface area (Å²) in [5.74, 6) is 0.881. The number of aliphatic hydroxyl groups excluding tert-OH is 1. The average molecular weight is 233 g/mol. The molecular formula is C15H23NO. The predicted molar refractivity (Wildman–Crippen MR) is 71.1 cm³/mol. The van der Waals surface area contributed by atoms with Gasteiger partial charge in [-0.2, -0.15) is 0 Å². The summed E-state index contributed by atoms with van der Waals surface area (Å²) in [6.45, 7) is 6.06. The topological polar surface area (TPSA) is 23.5 Å². The standard InChI is InChI=1S/C15H23NO/c1-11-4-7-14(8-12(11)2)15(17)10-16(3)9-13-5-6-13/h4,7-8,13,15,17H,5-6,9-10H2,1-3H3. The Morgan fingerprint density at radius 2 is 2.00 bits per heavy atom. The lowest BCUT2D eigenvalue weighted by Gasteiger charge is -2.21. The summed E-state index contributed by atoms with van der Waals surface area (Å²) < 4.78 is 0. The molecule has 1 aliphatic carbocycles. The van der Waals surface area contributed by atoms with Crippen LogP contribution in [0.15, 0.2) is 18.2 Å². The Balaban J connectivity index is 1.93. The molecule has 2 rings (SSSR count). The summed E-state index contributed by atoms with van der Waals surface area (Å²) in [4.78, 5) is 2.25. The minimum absolute atomic E-state index is 0.363. The molecule has 17 heavy (non-hydrogen) atoms. The third-order valence-electron chi connectivity index (χ3n) is 3.67. The third kappa shape index (κ3) is 3.55. The van der Waals surface area contributed by atoms with Gasteiger partial charge in [0.05, 0.1) is 6.10 Å². The van der Waals surface area contributed by atoms with Gasteiger partial charge in [0.1, 0.15) is 0 Å². The monoisotopic (exact) mass is 233 g/mol. The first-order valence-electron chi connectivity index (χ1n) is 6.50. The van der Waals surface area contributed by atoms with Gasteiger partial charge in [-0.15, -0.1) is 0 Å². The molecule has 1 aliphatic rings. The van der Waals surface area contributed by atoms with Gasteiger partial charge in [0.25, 0.3) is 0 Å². The van der Waals surface area contributed by atoms with Gasteiger partial charge in [0.2, 0.25) is 0 Å². The largest absolute Gasteiger partial charge is 0.387 e. The minimum Gasteiger partial charge on any atom is -0.387 e. The van der Waals surface area contributed by atoms with Gasteiger partial charge in [0, 0.05) is 13.1 Å². The highest BCUT2D eigenvalue weighted by Gasteiger charge is 2.23. The lowest BCUT2D eigenvalue weighted by atomic mass is 10.0. The first-order valence-corrected chi connectivity index (χ1v) is 6.50. The Bertz CT molecular complexity index is 385. The van der Waals surface area contributed by atoms with Crippen molar-refractivity contribution in [3.8, 4) is 0 Å². The van der Waals surface area contributed by atoms with E-state index in [1.807, 2.05) is 6.07 Å². The fourth-order valence-electron chi connectivity index (χ4n) is 2.19. The molecule has 1 unspecified atom stereocenters. The van der Waals surface area contributed by atoms with Crippen molar-refractivity contribution in [1.29, 1.82) is 0 Å². The first kappa shape index (κ1) is 12.6. The molecule has 1 fully saturated rings. The lowest BCUT2D eigenvalue weighted by molar-refractivity contribution is 0.124. The highest BCUT2D eigenvalue weighted by molar-refractivity contribution is 5.31. The number of hydrogen-bond donors (Lipinski definition) is 1. The summed E-state index contributed by atoms with van der Waals surface area (Å²) in [5, 5.41) is 10.2. The molecule has 1 atom stereocenters. The number of likely N-dealkylation sites (N-methyl/N-ethyl adjacent to an activating group) is 1. The quantitative estimate of drug-likeness (QED) is 0.845. The van der Waals surface area contributed by atoms with Gasteiger partial charge in [-0.25, -0.2) is 0 Å². The summed E-state index contributed by atoms with van der Waals surface area (Å²) in [5.41, 5.74) is 3.58. The minimum atomic E-state index is -0.363. The van der Waals surface area contributed by atoms with Crippen LogP contribution < -0.4 is 0 Å². The van der Waals surface area contributed by atoms with Crippen LogP contribution >= 0.6 is 0 Å². The van der Waals surface area contributed by atoms with Gasteiger partial charge in [-0.3, -0.25) is 0 Å². The van der Waals surface area contributed by atoms with Gasteiger partial charge in [-0.1, -0.05) is 18.2 Å². The van der Waals surface area contributed by atoms with Crippen molar-refractivity contribution in [2.75, 3.05) is 20.1 Å². The van der Waals surface area contributed by atoms with Crippen LogP contribution in [0.2, 0.25) is 0 Å². The molecule has 0 spiro atoms. The van der Waals surface area contributed by atoms with E-state index in [1.54, 1.807) is 0 Å². The maximum Gasteiger partial charge on any atom is 0.0916 e. The highest BCUT2D eigenvalue weighted by Crippen LogP contribution is 2.29. The maximum absolute atomic E-state index is 10.2. The van der Waals surface area contributed by atoms with Crippen LogP contribution in [0.5, 0.6) is 0 Å². The zero-order valence-electron chi connectivity index (χ0n) is 11.1. The van der Waals surface area contributed by atoms with Crippen molar-refractivity contribution in [3.05, 3.63) is 34.9 Å². The Labute approximate surface area is 104 Å². The number of benzene rings is 1. The number of aryl methyl sites for hydroxylation is 2. The molecule has 0 heterocycles. The van der Waals surface area contributed by atoms with Crippen molar-refractivity contribution >= 4 is 0 Å². The van der Waals surface area contributed by atoms with Crippen molar-refractivity contribution in [3.63, 3.8) is 0 Å². The molecule has 0 amide bonds. The van der Waals surface area contributed by atoms with Crippen LogP contribution in [0.3, 0.4) is 0 Å². The van der Waals surface area contributed by atoms with Crippen LogP contribution in [-0.4, -0.2) is 30.1 Å². The zero-order chi connectivity index (χ0) is 12.4. The second kappa shape index (κ2) is 5.19. The third-order valence-corrected chi connectivity index (χ3v) is 3.67. The number of hydrogen-bond acceptors (Lipinski definition) is 2. The van der Waals surface area contributed by atoms with E-state index in [2.05, 4.69) is 37.9 Å². The van der Waals surface area contributed by atoms with Crippen molar-refractivity contribution in [2.24, 2.45) is 5.92 Å². The Kier molecular flexibility index (Phi) is 3.85. The molecule has 1 saturated carbocycles. The molecule has 1 aromatic carbocycles. The molecule has 94 valence electrons. The molecule has 0 aromatic heterocycles. The van der Waals surface area contributed by atoms with Crippen LogP contribution in [0.1, 0.15) is 35.6 Å². The Morgan fingerprint density at radius 1 is 1.29 bits per heavy atom. The number of aliphatic hydroxyl groups is 1. The fraction of sp³-hybridized carbons (Fsp3) is 0.600. The average Bonchev–Trinajstić information content (AvgIpc) is 3.05. The van der Waals surface area contributed by atoms with Crippen molar-refractivity contribution in [1.82, 2.24) is 4.90 Å². The number of rotatable bonds is 5. The van der Waals surface area contributed by atoms with Gasteiger partial charge < -0.3 is 10.0 Å². The van der Waals surface area contributed by atoms with Crippen LogP contribution in [0.4, 0.5) is 0 Å². The van der Waals surface area contributed by atoms with E-state index < -0.39 is 0 Å². The van der Waals surface area contributed by atoms with Gasteiger partial charge in [-0.05, 0) is 56.3 Å². The molecule has 2 nitrogen and oxygen atoms in total. The van der Waals surface area contributed by atoms with Gasteiger partial charge in [0.15, 0.2) is 0 Å². The van der Waals surface area contributed by atoms with Crippen LogP contribution in [0, 0.1) is 19.8 Å². The molecule has 1 N–H and O–H groups in total. The smallest absolute Gasteiger partial charge is 0.0916 e. The predicted octanol–water partition coefficient (Wildman–Crippen LogP) is 2.68. The normalized spacial score (nSPS) is 17.5. The fourth-order valence-corrected chi connectivity index (χ4v) is 2.19. The molecule has 1 aromatic rings. The van der Waals surface area contributed by atoms with E-state index in [-0.39, 0.29) is 6.10 Å². The van der Waals surface area contributed by atoms with E-state index in [0.717, 1.165) is 24.6 Å². The van der Waals surface area contributed by atoms with Crippen molar-refractivity contribution < 1.29 is 5.11 Å². The molecule has 0 saturated heterocycles. The van der Waals surface area contributed by atoms with E-state index >= 15 is 0 Å².